The van der Waals surface area contributed by atoms with Gasteiger partial charge in [0.15, 0.2) is 0 Å². The fourth-order valence-corrected chi connectivity index (χ4v) is 1.91. The summed E-state index contributed by atoms with van der Waals surface area (Å²) in [7, 11) is 0. The van der Waals surface area contributed by atoms with Crippen molar-refractivity contribution in [2.75, 3.05) is 18.0 Å². The van der Waals surface area contributed by atoms with E-state index >= 15 is 0 Å². The van der Waals surface area contributed by atoms with E-state index in [1.165, 1.54) is 12.8 Å². The normalized spacial score (nSPS) is 10.8. The molecule has 0 N–H and O–H groups in total. The maximum absolute atomic E-state index is 5.84. The zero-order chi connectivity index (χ0) is 12.0. The van der Waals surface area contributed by atoms with E-state index in [1.54, 1.807) is 6.20 Å². The largest absolute Gasteiger partial charge is 0.357 e. The fraction of sp³-hybridized carbons (Fsp3) is 0.615. The molecule has 2 nitrogen and oxygen atoms in total. The van der Waals surface area contributed by atoms with Gasteiger partial charge in [-0.2, -0.15) is 0 Å². The second-order valence-electron chi connectivity index (χ2n) is 4.06. The fourth-order valence-electron chi connectivity index (χ4n) is 1.80. The Hall–Kier alpha value is -0.760. The summed E-state index contributed by atoms with van der Waals surface area (Å²) in [5.41, 5.74) is 0. The Bertz CT molecular complexity index is 293. The zero-order valence-corrected chi connectivity index (χ0v) is 11.2. The van der Waals surface area contributed by atoms with Crippen LogP contribution in [0.2, 0.25) is 5.02 Å². The van der Waals surface area contributed by atoms with Crippen molar-refractivity contribution in [3.63, 3.8) is 0 Å². The van der Waals surface area contributed by atoms with E-state index in [9.17, 15) is 0 Å². The summed E-state index contributed by atoms with van der Waals surface area (Å²) >= 11 is 5.84. The molecule has 0 saturated carbocycles. The Morgan fingerprint density at radius 1 is 1.25 bits per heavy atom. The molecule has 0 fully saturated rings. The molecule has 0 bridgehead atoms. The van der Waals surface area contributed by atoms with E-state index in [0.29, 0.717) is 5.02 Å². The van der Waals surface area contributed by atoms with E-state index in [0.717, 1.165) is 24.8 Å². The molecule has 0 atom stereocenters. The molecule has 16 heavy (non-hydrogen) atoms. The molecule has 0 spiro atoms. The first-order valence-corrected chi connectivity index (χ1v) is 6.45. The van der Waals surface area contributed by atoms with Gasteiger partial charge in [-0.3, -0.25) is 0 Å². The highest BCUT2D eigenvalue weighted by atomic mass is 35.5. The highest BCUT2D eigenvalue weighted by Crippen LogP contribution is 2.17. The third kappa shape index (κ3) is 3.67. The van der Waals surface area contributed by atoms with Crippen molar-refractivity contribution in [1.82, 2.24) is 4.98 Å². The first kappa shape index (κ1) is 13.3. The van der Waals surface area contributed by atoms with Crippen LogP contribution in [0.1, 0.15) is 33.6 Å². The molecule has 0 aliphatic carbocycles. The van der Waals surface area contributed by atoms with E-state index in [-0.39, 0.29) is 0 Å². The standard InChI is InChI=1S/C13H21ClN2/c1-4-11(5-2)10-16(6-3)13-8-7-12(14)9-15-13/h7-9,11H,4-6,10H2,1-3H3. The Morgan fingerprint density at radius 3 is 2.38 bits per heavy atom. The van der Waals surface area contributed by atoms with Crippen molar-refractivity contribution in [3.8, 4) is 0 Å². The van der Waals surface area contributed by atoms with E-state index < -0.39 is 0 Å². The molecule has 1 aromatic heterocycles. The highest BCUT2D eigenvalue weighted by molar-refractivity contribution is 6.30. The number of rotatable bonds is 6. The smallest absolute Gasteiger partial charge is 0.128 e. The van der Waals surface area contributed by atoms with Gasteiger partial charge >= 0.3 is 0 Å². The van der Waals surface area contributed by atoms with Crippen LogP contribution >= 0.6 is 11.6 Å². The molecule has 3 heteroatoms. The molecule has 1 aromatic rings. The number of halogens is 1. The Kier molecular flexibility index (Phi) is 5.61. The summed E-state index contributed by atoms with van der Waals surface area (Å²) in [5, 5.41) is 0.697. The highest BCUT2D eigenvalue weighted by Gasteiger charge is 2.11. The van der Waals surface area contributed by atoms with Gasteiger partial charge in [0.25, 0.3) is 0 Å². The average molecular weight is 241 g/mol. The lowest BCUT2D eigenvalue weighted by molar-refractivity contribution is 0.484. The summed E-state index contributed by atoms with van der Waals surface area (Å²) in [6.07, 6.45) is 4.16. The predicted octanol–water partition coefficient (Wildman–Crippen LogP) is 4.00. The van der Waals surface area contributed by atoms with Gasteiger partial charge in [0, 0.05) is 19.3 Å². The number of pyridine rings is 1. The Balaban J connectivity index is 2.70. The van der Waals surface area contributed by atoms with Crippen LogP contribution in [0.3, 0.4) is 0 Å². The van der Waals surface area contributed by atoms with Crippen LogP contribution in [0.25, 0.3) is 0 Å². The maximum Gasteiger partial charge on any atom is 0.128 e. The van der Waals surface area contributed by atoms with Crippen LogP contribution in [0, 0.1) is 5.92 Å². The SMILES string of the molecule is CCC(CC)CN(CC)c1ccc(Cl)cn1. The van der Waals surface area contributed by atoms with Gasteiger partial charge in [-0.05, 0) is 25.0 Å². The van der Waals surface area contributed by atoms with Crippen LogP contribution < -0.4 is 4.90 Å². The number of hydrogen-bond donors (Lipinski definition) is 0. The summed E-state index contributed by atoms with van der Waals surface area (Å²) in [6, 6.07) is 3.90. The molecule has 1 rings (SSSR count). The van der Waals surface area contributed by atoms with Gasteiger partial charge in [-0.1, -0.05) is 38.3 Å². The average Bonchev–Trinajstić information content (AvgIpc) is 2.32. The Labute approximate surface area is 104 Å². The summed E-state index contributed by atoms with van der Waals surface area (Å²) in [4.78, 5) is 6.68. The van der Waals surface area contributed by atoms with Crippen LogP contribution in [0.15, 0.2) is 18.3 Å². The lowest BCUT2D eigenvalue weighted by Gasteiger charge is -2.26. The van der Waals surface area contributed by atoms with E-state index in [1.807, 2.05) is 12.1 Å². The molecule has 0 aliphatic rings. The maximum atomic E-state index is 5.84. The Morgan fingerprint density at radius 2 is 1.94 bits per heavy atom. The topological polar surface area (TPSA) is 16.1 Å². The molecule has 0 unspecified atom stereocenters. The van der Waals surface area contributed by atoms with Gasteiger partial charge < -0.3 is 4.90 Å². The third-order valence-electron chi connectivity index (χ3n) is 3.05. The van der Waals surface area contributed by atoms with Gasteiger partial charge in [-0.25, -0.2) is 4.98 Å². The minimum Gasteiger partial charge on any atom is -0.357 e. The van der Waals surface area contributed by atoms with Crippen molar-refractivity contribution in [3.05, 3.63) is 23.4 Å². The first-order chi connectivity index (χ1) is 7.71. The minimum atomic E-state index is 0.697. The second-order valence-corrected chi connectivity index (χ2v) is 4.49. The quantitative estimate of drug-likeness (QED) is 0.747. The van der Waals surface area contributed by atoms with Gasteiger partial charge in [0.05, 0.1) is 5.02 Å². The molecular weight excluding hydrogens is 220 g/mol. The molecule has 0 radical (unpaired) electrons. The molecule has 0 saturated heterocycles. The molecule has 1 heterocycles. The second kappa shape index (κ2) is 6.74. The van der Waals surface area contributed by atoms with Gasteiger partial charge in [-0.15, -0.1) is 0 Å². The van der Waals surface area contributed by atoms with E-state index in [4.69, 9.17) is 11.6 Å². The number of hydrogen-bond acceptors (Lipinski definition) is 2. The van der Waals surface area contributed by atoms with Crippen molar-refractivity contribution in [1.29, 1.82) is 0 Å². The number of aromatic nitrogens is 1. The molecule has 0 aromatic carbocycles. The van der Waals surface area contributed by atoms with Crippen molar-refractivity contribution in [2.24, 2.45) is 5.92 Å². The zero-order valence-electron chi connectivity index (χ0n) is 10.4. The first-order valence-electron chi connectivity index (χ1n) is 6.07. The van der Waals surface area contributed by atoms with Gasteiger partial charge in [0.1, 0.15) is 5.82 Å². The molecule has 90 valence electrons. The number of nitrogens with zero attached hydrogens (tertiary/aromatic N) is 2. The summed E-state index contributed by atoms with van der Waals surface area (Å²) < 4.78 is 0. The van der Waals surface area contributed by atoms with Crippen LogP contribution in [0.4, 0.5) is 5.82 Å². The van der Waals surface area contributed by atoms with Crippen LogP contribution in [0.5, 0.6) is 0 Å². The van der Waals surface area contributed by atoms with Crippen molar-refractivity contribution in [2.45, 2.75) is 33.6 Å². The molecule has 0 aliphatic heterocycles. The van der Waals surface area contributed by atoms with Gasteiger partial charge in [0.2, 0.25) is 0 Å². The minimum absolute atomic E-state index is 0.697. The predicted molar refractivity (Wildman–Crippen MR) is 71.2 cm³/mol. The lowest BCUT2D eigenvalue weighted by atomic mass is 10.0. The molecular formula is C13H21ClN2. The van der Waals surface area contributed by atoms with Crippen LogP contribution in [-0.4, -0.2) is 18.1 Å². The van der Waals surface area contributed by atoms with Crippen molar-refractivity contribution >= 4 is 17.4 Å². The summed E-state index contributed by atoms with van der Waals surface area (Å²) in [5.74, 6) is 1.77. The lowest BCUT2D eigenvalue weighted by Crippen LogP contribution is -2.29. The van der Waals surface area contributed by atoms with Crippen LogP contribution in [-0.2, 0) is 0 Å². The monoisotopic (exact) mass is 240 g/mol. The number of anilines is 1. The van der Waals surface area contributed by atoms with Crippen molar-refractivity contribution < 1.29 is 0 Å². The summed E-state index contributed by atoms with van der Waals surface area (Å²) in [6.45, 7) is 8.73. The third-order valence-corrected chi connectivity index (χ3v) is 3.27. The molecule has 0 amide bonds. The van der Waals surface area contributed by atoms with E-state index in [2.05, 4.69) is 30.7 Å².